The van der Waals surface area contributed by atoms with Gasteiger partial charge in [0.25, 0.3) is 0 Å². The van der Waals surface area contributed by atoms with E-state index in [0.717, 1.165) is 61.3 Å². The van der Waals surface area contributed by atoms with E-state index in [0.29, 0.717) is 15.6 Å². The summed E-state index contributed by atoms with van der Waals surface area (Å²) in [7, 11) is 0. The second kappa shape index (κ2) is 8.90. The number of hydrogen-bond donors (Lipinski definition) is 0. The summed E-state index contributed by atoms with van der Waals surface area (Å²) in [6.07, 6.45) is 4.79. The van der Waals surface area contributed by atoms with Crippen LogP contribution in [-0.2, 0) is 17.6 Å². The normalized spacial score (nSPS) is 24.2. The maximum Gasteiger partial charge on any atom is 0.225 e. The molecule has 2 atom stereocenters. The number of hydrogen-bond acceptors (Lipinski definition) is 2. The molecule has 2 fully saturated rings. The van der Waals surface area contributed by atoms with E-state index in [2.05, 4.69) is 6.07 Å². The summed E-state index contributed by atoms with van der Waals surface area (Å²) in [6.45, 7) is 5.57. The molecule has 4 rings (SSSR count). The molecule has 0 radical (unpaired) electrons. The molecule has 1 saturated heterocycles. The zero-order chi connectivity index (χ0) is 23.1. The van der Waals surface area contributed by atoms with Crippen molar-refractivity contribution in [2.45, 2.75) is 46.0 Å². The number of nitriles is 1. The molecule has 1 aliphatic heterocycles. The van der Waals surface area contributed by atoms with E-state index in [1.807, 2.05) is 49.1 Å². The lowest BCUT2D eigenvalue weighted by Gasteiger charge is -2.25. The Labute approximate surface area is 205 Å². The first-order valence-electron chi connectivity index (χ1n) is 11.1. The van der Waals surface area contributed by atoms with E-state index >= 15 is 0 Å². The van der Waals surface area contributed by atoms with Crippen LogP contribution in [0.4, 0.5) is 0 Å². The Morgan fingerprint density at radius 2 is 1.94 bits per heavy atom. The van der Waals surface area contributed by atoms with Crippen LogP contribution in [0.3, 0.4) is 0 Å². The minimum absolute atomic E-state index is 0.0152. The predicted molar refractivity (Wildman–Crippen MR) is 130 cm³/mol. The third-order valence-electron chi connectivity index (χ3n) is 7.42. The average molecular weight is 490 g/mol. The van der Waals surface area contributed by atoms with Gasteiger partial charge in [0.15, 0.2) is 0 Å². The SMILES string of the molecule is CC(C)C(=O)N1CC[C@@]2(C1)C[C@@]2(CCc1ccc(C#N)c(Cl)c1)Cc1cc(Cl)ccc1Cl. The Balaban J connectivity index is 1.59. The van der Waals surface area contributed by atoms with Crippen molar-refractivity contribution >= 4 is 40.7 Å². The van der Waals surface area contributed by atoms with Gasteiger partial charge in [-0.15, -0.1) is 0 Å². The third-order valence-corrected chi connectivity index (χ3v) is 8.34. The average Bonchev–Trinajstić information content (AvgIpc) is 3.12. The predicted octanol–water partition coefficient (Wildman–Crippen LogP) is 6.96. The Bertz CT molecular complexity index is 1090. The standard InChI is InChI=1S/C26H27Cl3N2O/c1-17(2)24(32)31-10-9-26(16-31)15-25(26,13-20-12-21(27)5-6-22(20)28)8-7-18-3-4-19(14-30)23(29)11-18/h3-6,11-12,17H,7-10,13,15-16H2,1-2H3/t25-,26+/m1/s1. The van der Waals surface area contributed by atoms with Gasteiger partial charge in [0.05, 0.1) is 10.6 Å². The van der Waals surface area contributed by atoms with Crippen molar-refractivity contribution in [2.75, 3.05) is 13.1 Å². The summed E-state index contributed by atoms with van der Waals surface area (Å²) in [5, 5.41) is 11.1. The van der Waals surface area contributed by atoms with Crippen molar-refractivity contribution in [1.29, 1.82) is 5.26 Å². The molecule has 2 aliphatic rings. The van der Waals surface area contributed by atoms with Crippen molar-refractivity contribution in [3.63, 3.8) is 0 Å². The van der Waals surface area contributed by atoms with Crippen LogP contribution in [0.25, 0.3) is 0 Å². The van der Waals surface area contributed by atoms with Crippen LogP contribution < -0.4 is 0 Å². The van der Waals surface area contributed by atoms with Gasteiger partial charge in [-0.05, 0) is 84.4 Å². The fourth-order valence-electron chi connectivity index (χ4n) is 5.53. The fourth-order valence-corrected chi connectivity index (χ4v) is 6.15. The molecule has 1 spiro atoms. The van der Waals surface area contributed by atoms with Gasteiger partial charge in [0.2, 0.25) is 5.91 Å². The molecule has 6 heteroatoms. The zero-order valence-corrected chi connectivity index (χ0v) is 20.7. The summed E-state index contributed by atoms with van der Waals surface area (Å²) in [4.78, 5) is 14.7. The number of carbonyl (C=O) groups excluding carboxylic acids is 1. The Morgan fingerprint density at radius 1 is 1.16 bits per heavy atom. The van der Waals surface area contributed by atoms with Gasteiger partial charge >= 0.3 is 0 Å². The molecule has 3 nitrogen and oxygen atoms in total. The maximum absolute atomic E-state index is 12.7. The first-order chi connectivity index (χ1) is 15.2. The summed E-state index contributed by atoms with van der Waals surface area (Å²) < 4.78 is 0. The summed E-state index contributed by atoms with van der Waals surface area (Å²) in [6, 6.07) is 13.5. The number of aryl methyl sites for hydroxylation is 1. The molecule has 32 heavy (non-hydrogen) atoms. The third kappa shape index (κ3) is 4.38. The van der Waals surface area contributed by atoms with E-state index < -0.39 is 0 Å². The monoisotopic (exact) mass is 488 g/mol. The molecular weight excluding hydrogens is 463 g/mol. The summed E-state index contributed by atoms with van der Waals surface area (Å²) >= 11 is 19.1. The number of benzene rings is 2. The smallest absolute Gasteiger partial charge is 0.225 e. The van der Waals surface area contributed by atoms with Crippen molar-refractivity contribution in [3.05, 3.63) is 68.2 Å². The number of nitrogens with zero attached hydrogens (tertiary/aromatic N) is 2. The first kappa shape index (κ1) is 23.4. The number of rotatable bonds is 6. The van der Waals surface area contributed by atoms with E-state index in [1.54, 1.807) is 6.07 Å². The molecule has 1 heterocycles. The number of carbonyl (C=O) groups is 1. The Morgan fingerprint density at radius 3 is 2.62 bits per heavy atom. The fraction of sp³-hybridized carbons (Fsp3) is 0.462. The van der Waals surface area contributed by atoms with Gasteiger partial charge < -0.3 is 4.90 Å². The van der Waals surface area contributed by atoms with Crippen LogP contribution >= 0.6 is 34.8 Å². The highest BCUT2D eigenvalue weighted by Gasteiger charge is 2.68. The molecular formula is C26H27Cl3N2O. The largest absolute Gasteiger partial charge is 0.342 e. The van der Waals surface area contributed by atoms with Crippen molar-refractivity contribution < 1.29 is 4.79 Å². The molecule has 2 aromatic rings. The molecule has 2 aromatic carbocycles. The number of amides is 1. The lowest BCUT2D eigenvalue weighted by atomic mass is 9.81. The molecule has 0 aromatic heterocycles. The highest BCUT2D eigenvalue weighted by atomic mass is 35.5. The quantitative estimate of drug-likeness (QED) is 0.440. The highest BCUT2D eigenvalue weighted by Crippen LogP contribution is 2.71. The number of halogens is 3. The Hall–Kier alpha value is -1.73. The molecule has 1 amide bonds. The van der Waals surface area contributed by atoms with Crippen molar-refractivity contribution in [3.8, 4) is 6.07 Å². The van der Waals surface area contributed by atoms with E-state index in [9.17, 15) is 4.79 Å². The van der Waals surface area contributed by atoms with Gasteiger partial charge in [-0.2, -0.15) is 5.26 Å². The summed E-state index contributed by atoms with van der Waals surface area (Å²) in [5.74, 6) is 0.254. The van der Waals surface area contributed by atoms with Crippen LogP contribution in [0.1, 0.15) is 49.8 Å². The van der Waals surface area contributed by atoms with E-state index in [4.69, 9.17) is 40.1 Å². The maximum atomic E-state index is 12.7. The van der Waals surface area contributed by atoms with E-state index in [1.165, 1.54) is 0 Å². The Kier molecular flexibility index (Phi) is 6.52. The molecule has 1 aliphatic carbocycles. The van der Waals surface area contributed by atoms with Crippen LogP contribution in [0.5, 0.6) is 0 Å². The van der Waals surface area contributed by atoms with Crippen LogP contribution in [0.15, 0.2) is 36.4 Å². The van der Waals surface area contributed by atoms with E-state index in [-0.39, 0.29) is 22.7 Å². The van der Waals surface area contributed by atoms with Crippen molar-refractivity contribution in [1.82, 2.24) is 4.90 Å². The second-order valence-corrected chi connectivity index (χ2v) is 11.0. The molecule has 168 valence electrons. The van der Waals surface area contributed by atoms with Crippen LogP contribution in [0, 0.1) is 28.1 Å². The summed E-state index contributed by atoms with van der Waals surface area (Å²) in [5.41, 5.74) is 2.88. The second-order valence-electron chi connectivity index (χ2n) is 9.74. The lowest BCUT2D eigenvalue weighted by Crippen LogP contribution is -2.33. The van der Waals surface area contributed by atoms with Crippen LogP contribution in [0.2, 0.25) is 15.1 Å². The van der Waals surface area contributed by atoms with Gasteiger partial charge in [-0.25, -0.2) is 0 Å². The lowest BCUT2D eigenvalue weighted by molar-refractivity contribution is -0.133. The molecule has 1 saturated carbocycles. The minimum atomic E-state index is 0.0152. The van der Waals surface area contributed by atoms with Crippen LogP contribution in [-0.4, -0.2) is 23.9 Å². The first-order valence-corrected chi connectivity index (χ1v) is 12.2. The highest BCUT2D eigenvalue weighted by molar-refractivity contribution is 6.33. The zero-order valence-electron chi connectivity index (χ0n) is 18.4. The van der Waals surface area contributed by atoms with Crippen molar-refractivity contribution in [2.24, 2.45) is 16.7 Å². The molecule has 0 unspecified atom stereocenters. The topological polar surface area (TPSA) is 44.1 Å². The molecule has 0 bridgehead atoms. The van der Waals surface area contributed by atoms with Gasteiger partial charge in [-0.1, -0.05) is 54.7 Å². The van der Waals surface area contributed by atoms with Gasteiger partial charge in [0, 0.05) is 29.1 Å². The number of likely N-dealkylation sites (tertiary alicyclic amines) is 1. The molecule has 0 N–H and O–H groups in total. The minimum Gasteiger partial charge on any atom is -0.342 e. The van der Waals surface area contributed by atoms with Gasteiger partial charge in [-0.3, -0.25) is 4.79 Å². The van der Waals surface area contributed by atoms with Gasteiger partial charge in [0.1, 0.15) is 6.07 Å².